The standard InChI is InChI=1S/C19H23N3O2/c1-13(2)22-8-6-14(7-9-22)17-4-3-5-18(21-17)15-10-16(19(23)24)12-20-11-15/h3-5,10-14H,6-9H2,1-2H3,(H,23,24). The Morgan fingerprint density at radius 1 is 1.25 bits per heavy atom. The zero-order chi connectivity index (χ0) is 17.1. The number of piperidine rings is 1. The third-order valence-electron chi connectivity index (χ3n) is 4.73. The van der Waals surface area contributed by atoms with E-state index in [0.717, 1.165) is 42.9 Å². The lowest BCUT2D eigenvalue weighted by atomic mass is 9.92. The molecule has 2 aromatic heterocycles. The van der Waals surface area contributed by atoms with Crippen LogP contribution in [-0.4, -0.2) is 45.1 Å². The van der Waals surface area contributed by atoms with Crippen molar-refractivity contribution in [1.82, 2.24) is 14.9 Å². The molecule has 0 unspecified atom stereocenters. The third kappa shape index (κ3) is 3.62. The Morgan fingerprint density at radius 2 is 2.00 bits per heavy atom. The number of hydrogen-bond donors (Lipinski definition) is 1. The van der Waals surface area contributed by atoms with Crippen LogP contribution in [0.5, 0.6) is 0 Å². The molecule has 2 aromatic rings. The SMILES string of the molecule is CC(C)N1CCC(c2cccc(-c3cncc(C(=O)O)c3)n2)CC1. The molecule has 0 spiro atoms. The first kappa shape index (κ1) is 16.6. The fourth-order valence-electron chi connectivity index (χ4n) is 3.25. The summed E-state index contributed by atoms with van der Waals surface area (Å²) in [7, 11) is 0. The Morgan fingerprint density at radius 3 is 2.67 bits per heavy atom. The Hall–Kier alpha value is -2.27. The van der Waals surface area contributed by atoms with Gasteiger partial charge in [-0.05, 0) is 58.0 Å². The molecule has 1 fully saturated rings. The van der Waals surface area contributed by atoms with Gasteiger partial charge in [-0.25, -0.2) is 4.79 Å². The molecule has 1 N–H and O–H groups in total. The van der Waals surface area contributed by atoms with E-state index in [1.165, 1.54) is 6.20 Å². The van der Waals surface area contributed by atoms with Gasteiger partial charge in [-0.2, -0.15) is 0 Å². The molecule has 5 heteroatoms. The van der Waals surface area contributed by atoms with E-state index in [1.54, 1.807) is 12.3 Å². The lowest BCUT2D eigenvalue weighted by molar-refractivity contribution is 0.0696. The Labute approximate surface area is 142 Å². The highest BCUT2D eigenvalue weighted by atomic mass is 16.4. The number of nitrogens with zero attached hydrogens (tertiary/aromatic N) is 3. The van der Waals surface area contributed by atoms with Gasteiger partial charge in [-0.3, -0.25) is 9.97 Å². The van der Waals surface area contributed by atoms with E-state index in [1.807, 2.05) is 12.1 Å². The third-order valence-corrected chi connectivity index (χ3v) is 4.73. The summed E-state index contributed by atoms with van der Waals surface area (Å²) in [5, 5.41) is 9.12. The maximum absolute atomic E-state index is 11.1. The molecule has 24 heavy (non-hydrogen) atoms. The molecule has 1 aliphatic heterocycles. The second-order valence-corrected chi connectivity index (χ2v) is 6.62. The van der Waals surface area contributed by atoms with Crippen molar-refractivity contribution in [1.29, 1.82) is 0 Å². The molecular formula is C19H23N3O2. The van der Waals surface area contributed by atoms with Crippen molar-refractivity contribution in [3.05, 3.63) is 47.9 Å². The van der Waals surface area contributed by atoms with E-state index in [2.05, 4.69) is 29.8 Å². The molecule has 3 heterocycles. The fraction of sp³-hybridized carbons (Fsp3) is 0.421. The van der Waals surface area contributed by atoms with Crippen LogP contribution in [0.25, 0.3) is 11.3 Å². The van der Waals surface area contributed by atoms with Crippen molar-refractivity contribution in [2.45, 2.75) is 38.6 Å². The Kier molecular flexibility index (Phi) is 4.90. The number of likely N-dealkylation sites (tertiary alicyclic amines) is 1. The number of carboxylic acids is 1. The largest absolute Gasteiger partial charge is 0.478 e. The molecule has 0 aromatic carbocycles. The van der Waals surface area contributed by atoms with E-state index in [-0.39, 0.29) is 5.56 Å². The maximum Gasteiger partial charge on any atom is 0.337 e. The summed E-state index contributed by atoms with van der Waals surface area (Å²) in [6.45, 7) is 6.68. The smallest absolute Gasteiger partial charge is 0.337 e. The zero-order valence-electron chi connectivity index (χ0n) is 14.1. The number of carboxylic acid groups (broad SMARTS) is 1. The molecule has 126 valence electrons. The van der Waals surface area contributed by atoms with Crippen molar-refractivity contribution in [3.8, 4) is 11.3 Å². The normalized spacial score (nSPS) is 16.5. The van der Waals surface area contributed by atoms with Crippen LogP contribution in [0.15, 0.2) is 36.7 Å². The minimum Gasteiger partial charge on any atom is -0.478 e. The van der Waals surface area contributed by atoms with Crippen LogP contribution in [0.1, 0.15) is 48.7 Å². The lowest BCUT2D eigenvalue weighted by Gasteiger charge is -2.34. The quantitative estimate of drug-likeness (QED) is 0.933. The predicted octanol–water partition coefficient (Wildman–Crippen LogP) is 3.43. The van der Waals surface area contributed by atoms with Crippen LogP contribution in [0.4, 0.5) is 0 Å². The number of aromatic nitrogens is 2. The van der Waals surface area contributed by atoms with Crippen LogP contribution >= 0.6 is 0 Å². The summed E-state index contributed by atoms with van der Waals surface area (Å²) in [5.74, 6) is -0.503. The van der Waals surface area contributed by atoms with Crippen molar-refractivity contribution < 1.29 is 9.90 Å². The molecule has 1 aliphatic rings. The molecule has 0 atom stereocenters. The summed E-state index contributed by atoms with van der Waals surface area (Å²) in [5.41, 5.74) is 2.81. The van der Waals surface area contributed by atoms with Gasteiger partial charge < -0.3 is 10.0 Å². The molecule has 0 aliphatic carbocycles. The summed E-state index contributed by atoms with van der Waals surface area (Å²) in [4.78, 5) is 22.4. The first-order chi connectivity index (χ1) is 11.5. The van der Waals surface area contributed by atoms with Gasteiger partial charge in [0.15, 0.2) is 0 Å². The Balaban J connectivity index is 1.80. The summed E-state index contributed by atoms with van der Waals surface area (Å²) >= 11 is 0. The first-order valence-electron chi connectivity index (χ1n) is 8.44. The van der Waals surface area contributed by atoms with Gasteiger partial charge in [0, 0.05) is 35.6 Å². The predicted molar refractivity (Wildman–Crippen MR) is 93.1 cm³/mol. The zero-order valence-corrected chi connectivity index (χ0v) is 14.1. The van der Waals surface area contributed by atoms with E-state index in [9.17, 15) is 4.79 Å². The monoisotopic (exact) mass is 325 g/mol. The average Bonchev–Trinajstić information content (AvgIpc) is 2.62. The molecule has 3 rings (SSSR count). The average molecular weight is 325 g/mol. The summed E-state index contributed by atoms with van der Waals surface area (Å²) < 4.78 is 0. The van der Waals surface area contributed by atoms with Crippen molar-refractivity contribution in [2.75, 3.05) is 13.1 Å². The summed E-state index contributed by atoms with van der Waals surface area (Å²) in [6.07, 6.45) is 5.25. The molecular weight excluding hydrogens is 302 g/mol. The van der Waals surface area contributed by atoms with Gasteiger partial charge in [0.05, 0.1) is 11.3 Å². The number of aromatic carboxylic acids is 1. The highest BCUT2D eigenvalue weighted by Crippen LogP contribution is 2.29. The molecule has 1 saturated heterocycles. The molecule has 0 amide bonds. The van der Waals surface area contributed by atoms with E-state index < -0.39 is 5.97 Å². The number of pyridine rings is 2. The van der Waals surface area contributed by atoms with Crippen LogP contribution in [0.3, 0.4) is 0 Å². The Bertz CT molecular complexity index is 722. The van der Waals surface area contributed by atoms with Crippen LogP contribution in [0, 0.1) is 0 Å². The van der Waals surface area contributed by atoms with Gasteiger partial charge in [-0.15, -0.1) is 0 Å². The number of carbonyl (C=O) groups is 1. The topological polar surface area (TPSA) is 66.3 Å². The van der Waals surface area contributed by atoms with Crippen molar-refractivity contribution in [3.63, 3.8) is 0 Å². The van der Waals surface area contributed by atoms with E-state index in [4.69, 9.17) is 10.1 Å². The van der Waals surface area contributed by atoms with Crippen LogP contribution in [0.2, 0.25) is 0 Å². The molecule has 0 saturated carbocycles. The van der Waals surface area contributed by atoms with E-state index >= 15 is 0 Å². The van der Waals surface area contributed by atoms with Gasteiger partial charge in [0.2, 0.25) is 0 Å². The van der Waals surface area contributed by atoms with Gasteiger partial charge in [0.1, 0.15) is 0 Å². The van der Waals surface area contributed by atoms with Crippen LogP contribution < -0.4 is 0 Å². The lowest BCUT2D eigenvalue weighted by Crippen LogP contribution is -2.38. The minimum atomic E-state index is -0.971. The van der Waals surface area contributed by atoms with Crippen LogP contribution in [-0.2, 0) is 0 Å². The minimum absolute atomic E-state index is 0.185. The second-order valence-electron chi connectivity index (χ2n) is 6.62. The molecule has 0 radical (unpaired) electrons. The maximum atomic E-state index is 11.1. The van der Waals surface area contributed by atoms with Crippen molar-refractivity contribution in [2.24, 2.45) is 0 Å². The van der Waals surface area contributed by atoms with Gasteiger partial charge in [-0.1, -0.05) is 6.07 Å². The summed E-state index contributed by atoms with van der Waals surface area (Å²) in [6, 6.07) is 8.21. The molecule has 5 nitrogen and oxygen atoms in total. The number of hydrogen-bond acceptors (Lipinski definition) is 4. The van der Waals surface area contributed by atoms with Gasteiger partial charge >= 0.3 is 5.97 Å². The second kappa shape index (κ2) is 7.09. The van der Waals surface area contributed by atoms with Crippen molar-refractivity contribution >= 4 is 5.97 Å². The first-order valence-corrected chi connectivity index (χ1v) is 8.44. The number of rotatable bonds is 4. The van der Waals surface area contributed by atoms with Gasteiger partial charge in [0.25, 0.3) is 0 Å². The highest BCUT2D eigenvalue weighted by molar-refractivity contribution is 5.88. The highest BCUT2D eigenvalue weighted by Gasteiger charge is 2.23. The van der Waals surface area contributed by atoms with E-state index in [0.29, 0.717) is 12.0 Å². The molecule has 0 bridgehead atoms. The fourth-order valence-corrected chi connectivity index (χ4v) is 3.25.